The summed E-state index contributed by atoms with van der Waals surface area (Å²) in [6.45, 7) is 4.73. The summed E-state index contributed by atoms with van der Waals surface area (Å²) in [5.74, 6) is 0.297. The fourth-order valence-electron chi connectivity index (χ4n) is 4.12. The molecule has 1 aromatic carbocycles. The zero-order chi connectivity index (χ0) is 20.1. The molecule has 4 rings (SSSR count). The molecule has 2 aliphatic rings. The van der Waals surface area contributed by atoms with Crippen molar-refractivity contribution in [3.63, 3.8) is 0 Å². The number of allylic oxidation sites excluding steroid dienone is 2. The highest BCUT2D eigenvalue weighted by Crippen LogP contribution is 2.30. The number of nitrogens with zero attached hydrogens (tertiary/aromatic N) is 2. The van der Waals surface area contributed by atoms with Crippen molar-refractivity contribution in [1.29, 1.82) is 0 Å². The first kappa shape index (κ1) is 23.0. The van der Waals surface area contributed by atoms with Crippen LogP contribution in [0.15, 0.2) is 30.5 Å². The monoisotopic (exact) mass is 449 g/mol. The Labute approximate surface area is 189 Å². The van der Waals surface area contributed by atoms with E-state index in [1.807, 2.05) is 0 Å². The molecule has 0 bridgehead atoms. The van der Waals surface area contributed by atoms with Crippen molar-refractivity contribution in [3.8, 4) is 0 Å². The molecule has 1 N–H and O–H groups in total. The average molecular weight is 450 g/mol. The number of benzene rings is 1. The molecule has 0 saturated carbocycles. The molecule has 0 spiro atoms. The van der Waals surface area contributed by atoms with Crippen LogP contribution in [0.4, 0.5) is 0 Å². The minimum atomic E-state index is -0.0318. The molecule has 0 unspecified atom stereocenters. The van der Waals surface area contributed by atoms with Crippen LogP contribution >= 0.6 is 24.0 Å². The summed E-state index contributed by atoms with van der Waals surface area (Å²) >= 11 is 5.89. The lowest BCUT2D eigenvalue weighted by molar-refractivity contribution is 0.0384. The number of nitrogens with one attached hydrogen (secondary N) is 1. The standard InChI is InChI=1S/C23H28ClN3O2.ClH/c24-22-16-25-23(26-22)21(28)15-19-7-6-17(8-9-27-10-12-29-13-11-27)14-20(19)18-4-2-1-3-5-18;/h4,6-7,14,16H,1-3,5,8-13,15H2,(H,25,26);1H. The van der Waals surface area contributed by atoms with Crippen molar-refractivity contribution >= 4 is 35.4 Å². The van der Waals surface area contributed by atoms with Crippen LogP contribution in [0.5, 0.6) is 0 Å². The second kappa shape index (κ2) is 11.1. The zero-order valence-electron chi connectivity index (χ0n) is 17.2. The fourth-order valence-corrected chi connectivity index (χ4v) is 4.26. The number of halogens is 2. The second-order valence-corrected chi connectivity index (χ2v) is 8.26. The Morgan fingerprint density at radius 1 is 1.23 bits per heavy atom. The highest BCUT2D eigenvalue weighted by Gasteiger charge is 2.17. The van der Waals surface area contributed by atoms with E-state index in [-0.39, 0.29) is 18.2 Å². The quantitative estimate of drug-likeness (QED) is 0.619. The van der Waals surface area contributed by atoms with E-state index >= 15 is 0 Å². The number of aromatic nitrogens is 2. The SMILES string of the molecule is Cl.O=C(Cc1ccc(CCN2CCOCC2)cc1C1=CCCCC1)c1ncc(Cl)[nH]1. The van der Waals surface area contributed by atoms with E-state index in [2.05, 4.69) is 39.1 Å². The molecule has 0 atom stereocenters. The number of morpholine rings is 1. The fraction of sp³-hybridized carbons (Fsp3) is 0.478. The number of carbonyl (C=O) groups excluding carboxylic acids is 1. The summed E-state index contributed by atoms with van der Waals surface area (Å²) in [6.07, 6.45) is 9.85. The predicted octanol–water partition coefficient (Wildman–Crippen LogP) is 4.74. The molecular weight excluding hydrogens is 421 g/mol. The first-order valence-electron chi connectivity index (χ1n) is 10.5. The highest BCUT2D eigenvalue weighted by molar-refractivity contribution is 6.29. The Bertz CT molecular complexity index is 888. The molecule has 7 heteroatoms. The van der Waals surface area contributed by atoms with Gasteiger partial charge in [-0.3, -0.25) is 9.69 Å². The van der Waals surface area contributed by atoms with Crippen LogP contribution in [0.25, 0.3) is 5.57 Å². The van der Waals surface area contributed by atoms with E-state index in [0.29, 0.717) is 17.4 Å². The van der Waals surface area contributed by atoms with E-state index in [1.54, 1.807) is 0 Å². The topological polar surface area (TPSA) is 58.2 Å². The Kier molecular flexibility index (Phi) is 8.51. The van der Waals surface area contributed by atoms with Gasteiger partial charge in [-0.2, -0.15) is 0 Å². The minimum absolute atomic E-state index is 0. The van der Waals surface area contributed by atoms with E-state index in [1.165, 1.54) is 35.7 Å². The zero-order valence-corrected chi connectivity index (χ0v) is 18.7. The van der Waals surface area contributed by atoms with Gasteiger partial charge in [-0.05, 0) is 54.4 Å². The molecule has 0 radical (unpaired) electrons. The lowest BCUT2D eigenvalue weighted by Gasteiger charge is -2.26. The molecule has 1 saturated heterocycles. The van der Waals surface area contributed by atoms with E-state index in [0.717, 1.165) is 57.7 Å². The number of Topliss-reactive ketones (excluding diaryl/α,β-unsaturated/α-hetero) is 1. The lowest BCUT2D eigenvalue weighted by Crippen LogP contribution is -2.37. The Balaban J connectivity index is 0.00000256. The third-order valence-electron chi connectivity index (χ3n) is 5.79. The smallest absolute Gasteiger partial charge is 0.202 e. The van der Waals surface area contributed by atoms with Crippen LogP contribution in [0.1, 0.15) is 53.0 Å². The lowest BCUT2D eigenvalue weighted by atomic mass is 9.87. The maximum atomic E-state index is 12.7. The molecule has 1 aromatic heterocycles. The summed E-state index contributed by atoms with van der Waals surface area (Å²) in [6, 6.07) is 6.60. The normalized spacial score (nSPS) is 17.3. The average Bonchev–Trinajstić information content (AvgIpc) is 3.21. The number of ketones is 1. The number of rotatable bonds is 7. The molecule has 1 fully saturated rings. The van der Waals surface area contributed by atoms with Gasteiger partial charge in [0.2, 0.25) is 5.78 Å². The third kappa shape index (κ3) is 5.94. The molecule has 1 aliphatic carbocycles. The summed E-state index contributed by atoms with van der Waals surface area (Å²) in [4.78, 5) is 22.1. The van der Waals surface area contributed by atoms with Gasteiger partial charge < -0.3 is 9.72 Å². The Morgan fingerprint density at radius 3 is 2.77 bits per heavy atom. The van der Waals surface area contributed by atoms with Crippen LogP contribution in [0, 0.1) is 0 Å². The van der Waals surface area contributed by atoms with Gasteiger partial charge in [0.15, 0.2) is 5.82 Å². The summed E-state index contributed by atoms with van der Waals surface area (Å²) in [5, 5.41) is 0.391. The predicted molar refractivity (Wildman–Crippen MR) is 123 cm³/mol. The van der Waals surface area contributed by atoms with Crippen LogP contribution in [0.3, 0.4) is 0 Å². The molecule has 1 aliphatic heterocycles. The van der Waals surface area contributed by atoms with E-state index in [9.17, 15) is 4.79 Å². The van der Waals surface area contributed by atoms with Crippen molar-refractivity contribution in [2.45, 2.75) is 38.5 Å². The van der Waals surface area contributed by atoms with Crippen LogP contribution in [0.2, 0.25) is 5.15 Å². The molecule has 0 amide bonds. The number of carbonyl (C=O) groups is 1. The van der Waals surface area contributed by atoms with Gasteiger partial charge in [-0.1, -0.05) is 35.9 Å². The van der Waals surface area contributed by atoms with Crippen LogP contribution < -0.4 is 0 Å². The summed E-state index contributed by atoms with van der Waals surface area (Å²) < 4.78 is 5.44. The number of hydrogen-bond acceptors (Lipinski definition) is 4. The van der Waals surface area contributed by atoms with Crippen molar-refractivity contribution in [2.75, 3.05) is 32.8 Å². The number of imidazole rings is 1. The number of ether oxygens (including phenoxy) is 1. The van der Waals surface area contributed by atoms with Gasteiger partial charge in [0, 0.05) is 26.1 Å². The van der Waals surface area contributed by atoms with Gasteiger partial charge in [0.05, 0.1) is 19.4 Å². The number of aromatic amines is 1. The third-order valence-corrected chi connectivity index (χ3v) is 5.98. The van der Waals surface area contributed by atoms with Gasteiger partial charge in [-0.15, -0.1) is 12.4 Å². The molecule has 162 valence electrons. The van der Waals surface area contributed by atoms with Crippen molar-refractivity contribution in [1.82, 2.24) is 14.9 Å². The van der Waals surface area contributed by atoms with Crippen molar-refractivity contribution < 1.29 is 9.53 Å². The maximum absolute atomic E-state index is 12.7. The van der Waals surface area contributed by atoms with Crippen molar-refractivity contribution in [3.05, 3.63) is 58.1 Å². The van der Waals surface area contributed by atoms with Crippen LogP contribution in [-0.4, -0.2) is 53.5 Å². The van der Waals surface area contributed by atoms with Gasteiger partial charge in [-0.25, -0.2) is 4.98 Å². The molecule has 5 nitrogen and oxygen atoms in total. The van der Waals surface area contributed by atoms with Crippen LogP contribution in [-0.2, 0) is 17.6 Å². The molecule has 2 aromatic rings. The minimum Gasteiger partial charge on any atom is -0.379 e. The number of H-pyrrole nitrogens is 1. The highest BCUT2D eigenvalue weighted by atomic mass is 35.5. The summed E-state index contributed by atoms with van der Waals surface area (Å²) in [7, 11) is 0. The van der Waals surface area contributed by atoms with Gasteiger partial charge in [0.25, 0.3) is 0 Å². The van der Waals surface area contributed by atoms with E-state index < -0.39 is 0 Å². The maximum Gasteiger partial charge on any atom is 0.202 e. The Morgan fingerprint density at radius 2 is 2.07 bits per heavy atom. The van der Waals surface area contributed by atoms with Gasteiger partial charge >= 0.3 is 0 Å². The van der Waals surface area contributed by atoms with E-state index in [4.69, 9.17) is 16.3 Å². The number of hydrogen-bond donors (Lipinski definition) is 1. The first-order valence-corrected chi connectivity index (χ1v) is 10.9. The molecular formula is C23H29Cl2N3O2. The van der Waals surface area contributed by atoms with Gasteiger partial charge in [0.1, 0.15) is 5.15 Å². The molecule has 30 heavy (non-hydrogen) atoms. The van der Waals surface area contributed by atoms with Crippen molar-refractivity contribution in [2.24, 2.45) is 0 Å². The Hall–Kier alpha value is -1.66. The first-order chi connectivity index (χ1) is 14.2. The molecule has 2 heterocycles. The summed E-state index contributed by atoms with van der Waals surface area (Å²) in [5.41, 5.74) is 5.01. The second-order valence-electron chi connectivity index (χ2n) is 7.85. The largest absolute Gasteiger partial charge is 0.379 e.